The lowest BCUT2D eigenvalue weighted by Crippen LogP contribution is -2.25. The number of likely N-dealkylation sites (tertiary alicyclic amines) is 1. The van der Waals surface area contributed by atoms with Crippen molar-refractivity contribution in [3.63, 3.8) is 0 Å². The first-order chi connectivity index (χ1) is 5.08. The molecule has 1 aliphatic rings. The van der Waals surface area contributed by atoms with Gasteiger partial charge in [-0.2, -0.15) is 0 Å². The Balaban J connectivity index is 2.37. The van der Waals surface area contributed by atoms with Crippen LogP contribution in [0, 0.1) is 0 Å². The van der Waals surface area contributed by atoms with Crippen LogP contribution < -0.4 is 5.14 Å². The molecule has 0 amide bonds. The standard InChI is InChI=1S/C7H16N2OS/c1-11(8,10)7-6-9-4-2-3-5-9/h7H,2-6H2,1H3,(H2,8,10). The molecular weight excluding hydrogens is 160 g/mol. The van der Waals surface area contributed by atoms with Crippen molar-refractivity contribution >= 4 is 15.1 Å². The summed E-state index contributed by atoms with van der Waals surface area (Å²) in [5, 5.41) is 7.08. The molecule has 0 bridgehead atoms. The molecule has 1 atom stereocenters. The number of nitrogens with two attached hydrogens (primary N) is 1. The van der Waals surface area contributed by atoms with Crippen LogP contribution in [0.4, 0.5) is 0 Å². The van der Waals surface area contributed by atoms with Crippen LogP contribution in [0.2, 0.25) is 0 Å². The quantitative estimate of drug-likeness (QED) is 0.586. The molecule has 1 unspecified atom stereocenters. The number of hydrogen-bond donors (Lipinski definition) is 1. The first-order valence-corrected chi connectivity index (χ1v) is 6.00. The fourth-order valence-corrected chi connectivity index (χ4v) is 1.73. The first-order valence-electron chi connectivity index (χ1n) is 3.90. The first kappa shape index (κ1) is 9.03. The van der Waals surface area contributed by atoms with E-state index in [9.17, 15) is 4.21 Å². The SMILES string of the molecule is CS(N)(=O)=CCN1CCCC1. The van der Waals surface area contributed by atoms with Crippen LogP contribution in [0.25, 0.3) is 0 Å². The molecule has 0 aromatic heterocycles. The zero-order valence-electron chi connectivity index (χ0n) is 6.95. The van der Waals surface area contributed by atoms with Gasteiger partial charge in [0.2, 0.25) is 0 Å². The third-order valence-corrected chi connectivity index (χ3v) is 2.67. The van der Waals surface area contributed by atoms with E-state index in [2.05, 4.69) is 4.90 Å². The number of rotatable bonds is 2. The Kier molecular flexibility index (Phi) is 2.92. The average molecular weight is 176 g/mol. The van der Waals surface area contributed by atoms with E-state index >= 15 is 0 Å². The monoisotopic (exact) mass is 176 g/mol. The Morgan fingerprint density at radius 3 is 2.55 bits per heavy atom. The minimum Gasteiger partial charge on any atom is -0.299 e. The molecular formula is C7H16N2OS. The second-order valence-electron chi connectivity index (χ2n) is 3.14. The summed E-state index contributed by atoms with van der Waals surface area (Å²) < 4.78 is 11.0. The van der Waals surface area contributed by atoms with Gasteiger partial charge in [-0.25, -0.2) is 0 Å². The van der Waals surface area contributed by atoms with Gasteiger partial charge in [0.1, 0.15) is 0 Å². The van der Waals surface area contributed by atoms with Crippen molar-refractivity contribution in [2.24, 2.45) is 5.14 Å². The molecule has 0 spiro atoms. The maximum absolute atomic E-state index is 11.0. The van der Waals surface area contributed by atoms with Crippen LogP contribution in [0.3, 0.4) is 0 Å². The van der Waals surface area contributed by atoms with Crippen molar-refractivity contribution < 1.29 is 4.21 Å². The Morgan fingerprint density at radius 1 is 1.55 bits per heavy atom. The van der Waals surface area contributed by atoms with Gasteiger partial charge in [0.15, 0.2) is 0 Å². The van der Waals surface area contributed by atoms with Gasteiger partial charge in [-0.15, -0.1) is 0 Å². The number of nitrogens with zero attached hydrogens (tertiary/aromatic N) is 1. The summed E-state index contributed by atoms with van der Waals surface area (Å²) in [4.78, 5) is 2.27. The van der Waals surface area contributed by atoms with Gasteiger partial charge in [-0.1, -0.05) is 0 Å². The van der Waals surface area contributed by atoms with E-state index in [0.717, 1.165) is 19.6 Å². The summed E-state index contributed by atoms with van der Waals surface area (Å²) in [6, 6.07) is 0. The molecule has 3 nitrogen and oxygen atoms in total. The highest BCUT2D eigenvalue weighted by Gasteiger charge is 2.09. The van der Waals surface area contributed by atoms with Gasteiger partial charge < -0.3 is 0 Å². The van der Waals surface area contributed by atoms with Gasteiger partial charge in [-0.3, -0.25) is 14.2 Å². The molecule has 0 aromatic carbocycles. The van der Waals surface area contributed by atoms with Gasteiger partial charge >= 0.3 is 0 Å². The van der Waals surface area contributed by atoms with Crippen LogP contribution in [-0.2, 0) is 9.71 Å². The fraction of sp³-hybridized carbons (Fsp3) is 0.857. The molecule has 1 aliphatic heterocycles. The van der Waals surface area contributed by atoms with E-state index in [1.54, 1.807) is 11.6 Å². The third kappa shape index (κ3) is 3.74. The van der Waals surface area contributed by atoms with Crippen molar-refractivity contribution in [3.8, 4) is 0 Å². The summed E-state index contributed by atoms with van der Waals surface area (Å²) in [7, 11) is -2.13. The zero-order chi connectivity index (χ0) is 8.32. The van der Waals surface area contributed by atoms with Crippen LogP contribution in [0.5, 0.6) is 0 Å². The molecule has 1 saturated heterocycles. The molecule has 0 aliphatic carbocycles. The predicted octanol–water partition coefficient (Wildman–Crippen LogP) is -0.328. The normalized spacial score (nSPS) is 24.9. The minimum absolute atomic E-state index is 0.784. The van der Waals surface area contributed by atoms with E-state index in [1.807, 2.05) is 0 Å². The highest BCUT2D eigenvalue weighted by Crippen LogP contribution is 2.04. The van der Waals surface area contributed by atoms with Crippen LogP contribution in [0.1, 0.15) is 12.8 Å². The molecule has 1 heterocycles. The van der Waals surface area contributed by atoms with E-state index in [1.165, 1.54) is 12.8 Å². The lowest BCUT2D eigenvalue weighted by atomic mass is 10.4. The van der Waals surface area contributed by atoms with Crippen molar-refractivity contribution in [2.75, 3.05) is 25.9 Å². The minimum atomic E-state index is -2.13. The largest absolute Gasteiger partial charge is 0.299 e. The van der Waals surface area contributed by atoms with Crippen LogP contribution in [-0.4, -0.2) is 40.4 Å². The summed E-state index contributed by atoms with van der Waals surface area (Å²) in [6.07, 6.45) is 4.11. The van der Waals surface area contributed by atoms with Gasteiger partial charge in [0, 0.05) is 22.5 Å². The summed E-state index contributed by atoms with van der Waals surface area (Å²) >= 11 is 0. The van der Waals surface area contributed by atoms with Crippen LogP contribution >= 0.6 is 0 Å². The fourth-order valence-electron chi connectivity index (χ4n) is 1.22. The molecule has 0 saturated carbocycles. The van der Waals surface area contributed by atoms with E-state index in [4.69, 9.17) is 5.14 Å². The van der Waals surface area contributed by atoms with Crippen molar-refractivity contribution in [1.29, 1.82) is 0 Å². The highest BCUT2D eigenvalue weighted by molar-refractivity contribution is 7.98. The molecule has 4 heteroatoms. The van der Waals surface area contributed by atoms with Gasteiger partial charge in [0.25, 0.3) is 0 Å². The molecule has 1 rings (SSSR count). The Hall–Kier alpha value is -0.0600. The van der Waals surface area contributed by atoms with E-state index in [-0.39, 0.29) is 0 Å². The second-order valence-corrected chi connectivity index (χ2v) is 5.41. The lowest BCUT2D eigenvalue weighted by Gasteiger charge is -2.10. The zero-order valence-corrected chi connectivity index (χ0v) is 7.77. The van der Waals surface area contributed by atoms with Crippen molar-refractivity contribution in [3.05, 3.63) is 0 Å². The Labute approximate surface area is 68.7 Å². The predicted molar refractivity (Wildman–Crippen MR) is 50.0 cm³/mol. The molecule has 11 heavy (non-hydrogen) atoms. The topological polar surface area (TPSA) is 46.3 Å². The van der Waals surface area contributed by atoms with Gasteiger partial charge in [0.05, 0.1) is 0 Å². The maximum Gasteiger partial charge on any atom is 0.0253 e. The third-order valence-electron chi connectivity index (χ3n) is 1.86. The summed E-state index contributed by atoms with van der Waals surface area (Å²) in [5.41, 5.74) is 0. The van der Waals surface area contributed by atoms with E-state index < -0.39 is 9.71 Å². The summed E-state index contributed by atoms with van der Waals surface area (Å²) in [6.45, 7) is 3.05. The Bertz CT molecular complexity index is 217. The molecule has 66 valence electrons. The smallest absolute Gasteiger partial charge is 0.0253 e. The average Bonchev–Trinajstić information content (AvgIpc) is 2.32. The molecule has 0 aromatic rings. The van der Waals surface area contributed by atoms with Crippen LogP contribution in [0.15, 0.2) is 0 Å². The summed E-state index contributed by atoms with van der Waals surface area (Å²) in [5.74, 6) is 0. The lowest BCUT2D eigenvalue weighted by molar-refractivity contribution is 0.392. The van der Waals surface area contributed by atoms with Crippen molar-refractivity contribution in [1.82, 2.24) is 4.90 Å². The van der Waals surface area contributed by atoms with E-state index in [0.29, 0.717) is 0 Å². The molecule has 1 fully saturated rings. The molecule has 0 radical (unpaired) electrons. The second kappa shape index (κ2) is 3.56. The number of hydrogen-bond acceptors (Lipinski definition) is 2. The van der Waals surface area contributed by atoms with Crippen molar-refractivity contribution in [2.45, 2.75) is 12.8 Å². The highest BCUT2D eigenvalue weighted by atomic mass is 32.2. The molecule has 2 N–H and O–H groups in total. The maximum atomic E-state index is 11.0. The van der Waals surface area contributed by atoms with Gasteiger partial charge in [-0.05, 0) is 31.3 Å². The Morgan fingerprint density at radius 2 is 2.09 bits per heavy atom.